The maximum atomic E-state index is 13.0. The Labute approximate surface area is 182 Å². The van der Waals surface area contributed by atoms with Crippen LogP contribution in [0.3, 0.4) is 0 Å². The second kappa shape index (κ2) is 7.91. The number of carbonyl (C=O) groups is 1. The molecule has 0 aliphatic rings. The monoisotopic (exact) mass is 414 g/mol. The second-order valence-electron chi connectivity index (χ2n) is 8.33. The number of oxazole rings is 1. The minimum atomic E-state index is -1.05. The molecule has 5 nitrogen and oxygen atoms in total. The maximum Gasteiger partial charge on any atom is 0.267 e. The van der Waals surface area contributed by atoms with Gasteiger partial charge in [-0.05, 0) is 87.7 Å². The number of aromatic nitrogens is 1. The third kappa shape index (κ3) is 4.31. The fourth-order valence-electron chi connectivity index (χ4n) is 3.30. The van der Waals surface area contributed by atoms with Crippen LogP contribution in [-0.2, 0) is 4.79 Å². The number of rotatable bonds is 5. The highest BCUT2D eigenvalue weighted by Gasteiger charge is 2.30. The molecular formula is C26H26N2O3. The third-order valence-electron chi connectivity index (χ3n) is 5.40. The molecule has 1 aromatic heterocycles. The Hall–Kier alpha value is -3.60. The van der Waals surface area contributed by atoms with Crippen molar-refractivity contribution in [2.45, 2.75) is 40.2 Å². The van der Waals surface area contributed by atoms with Crippen molar-refractivity contribution in [2.24, 2.45) is 0 Å². The van der Waals surface area contributed by atoms with Gasteiger partial charge in [-0.2, -0.15) is 0 Å². The number of anilines is 1. The van der Waals surface area contributed by atoms with Gasteiger partial charge < -0.3 is 14.5 Å². The maximum absolute atomic E-state index is 13.0. The molecule has 1 heterocycles. The van der Waals surface area contributed by atoms with Gasteiger partial charge in [-0.25, -0.2) is 4.98 Å². The van der Waals surface area contributed by atoms with Gasteiger partial charge in [0.2, 0.25) is 5.89 Å². The van der Waals surface area contributed by atoms with E-state index in [1.54, 1.807) is 13.8 Å². The molecule has 1 amide bonds. The molecule has 31 heavy (non-hydrogen) atoms. The van der Waals surface area contributed by atoms with E-state index in [1.807, 2.05) is 67.6 Å². The van der Waals surface area contributed by atoms with Crippen LogP contribution in [0.2, 0.25) is 0 Å². The van der Waals surface area contributed by atoms with E-state index in [2.05, 4.69) is 24.1 Å². The Morgan fingerprint density at radius 1 is 0.935 bits per heavy atom. The first-order valence-electron chi connectivity index (χ1n) is 10.3. The minimum absolute atomic E-state index is 0.236. The highest BCUT2D eigenvalue weighted by atomic mass is 16.5. The molecule has 0 unspecified atom stereocenters. The Balaban J connectivity index is 1.60. The van der Waals surface area contributed by atoms with E-state index >= 15 is 0 Å². The third-order valence-corrected chi connectivity index (χ3v) is 5.40. The summed E-state index contributed by atoms with van der Waals surface area (Å²) >= 11 is 0. The van der Waals surface area contributed by atoms with Crippen LogP contribution in [0, 0.1) is 20.8 Å². The molecule has 0 fully saturated rings. The van der Waals surface area contributed by atoms with Gasteiger partial charge in [-0.15, -0.1) is 0 Å². The highest BCUT2D eigenvalue weighted by Crippen LogP contribution is 2.30. The van der Waals surface area contributed by atoms with Crippen molar-refractivity contribution >= 4 is 22.7 Å². The van der Waals surface area contributed by atoms with Crippen molar-refractivity contribution in [3.8, 4) is 17.2 Å². The van der Waals surface area contributed by atoms with Crippen LogP contribution in [0.5, 0.6) is 5.75 Å². The van der Waals surface area contributed by atoms with Crippen molar-refractivity contribution in [3.63, 3.8) is 0 Å². The zero-order chi connectivity index (χ0) is 22.2. The van der Waals surface area contributed by atoms with Gasteiger partial charge in [-0.3, -0.25) is 4.79 Å². The predicted molar refractivity (Wildman–Crippen MR) is 123 cm³/mol. The van der Waals surface area contributed by atoms with Crippen LogP contribution in [0.4, 0.5) is 5.69 Å². The standard InChI is InChI=1S/C26H26N2O3/c1-16-11-12-19(24-27-22-13-17(2)18(3)14-23(22)30-24)15-21(16)28-25(29)26(4,5)31-20-9-7-6-8-10-20/h6-15H,1-5H3,(H,28,29). The summed E-state index contributed by atoms with van der Waals surface area (Å²) in [5, 5.41) is 3.00. The molecule has 0 spiro atoms. The Morgan fingerprint density at radius 2 is 1.65 bits per heavy atom. The van der Waals surface area contributed by atoms with Crippen LogP contribution in [0.1, 0.15) is 30.5 Å². The first kappa shape index (κ1) is 20.7. The molecule has 158 valence electrons. The number of nitrogens with one attached hydrogen (secondary N) is 1. The lowest BCUT2D eigenvalue weighted by Crippen LogP contribution is -2.42. The smallest absolute Gasteiger partial charge is 0.267 e. The van der Waals surface area contributed by atoms with E-state index in [1.165, 1.54) is 5.56 Å². The SMILES string of the molecule is Cc1cc2nc(-c3ccc(C)c(NC(=O)C(C)(C)Oc4ccccc4)c3)oc2cc1C. The van der Waals surface area contributed by atoms with Gasteiger partial charge in [-0.1, -0.05) is 24.3 Å². The summed E-state index contributed by atoms with van der Waals surface area (Å²) in [7, 11) is 0. The summed E-state index contributed by atoms with van der Waals surface area (Å²) in [6.45, 7) is 9.56. The molecule has 0 atom stereocenters. The second-order valence-corrected chi connectivity index (χ2v) is 8.33. The summed E-state index contributed by atoms with van der Waals surface area (Å²) in [5.74, 6) is 0.931. The highest BCUT2D eigenvalue weighted by molar-refractivity contribution is 5.98. The van der Waals surface area contributed by atoms with Gasteiger partial charge in [0.05, 0.1) is 0 Å². The lowest BCUT2D eigenvalue weighted by Gasteiger charge is -2.25. The lowest BCUT2D eigenvalue weighted by atomic mass is 10.1. The summed E-state index contributed by atoms with van der Waals surface area (Å²) in [4.78, 5) is 17.6. The zero-order valence-electron chi connectivity index (χ0n) is 18.4. The van der Waals surface area contributed by atoms with Crippen molar-refractivity contribution < 1.29 is 13.9 Å². The van der Waals surface area contributed by atoms with E-state index < -0.39 is 5.60 Å². The fourth-order valence-corrected chi connectivity index (χ4v) is 3.30. The van der Waals surface area contributed by atoms with E-state index in [9.17, 15) is 4.79 Å². The average Bonchev–Trinajstić information content (AvgIpc) is 3.13. The van der Waals surface area contributed by atoms with E-state index in [-0.39, 0.29) is 5.91 Å². The topological polar surface area (TPSA) is 64.4 Å². The molecule has 0 saturated carbocycles. The molecule has 0 aliphatic heterocycles. The summed E-state index contributed by atoms with van der Waals surface area (Å²) in [6, 6.07) is 19.1. The average molecular weight is 415 g/mol. The van der Waals surface area contributed by atoms with Crippen molar-refractivity contribution in [2.75, 3.05) is 5.32 Å². The Kier molecular flexibility index (Phi) is 5.27. The van der Waals surface area contributed by atoms with Gasteiger partial charge in [0.25, 0.3) is 5.91 Å². The first-order chi connectivity index (χ1) is 14.7. The van der Waals surface area contributed by atoms with Crippen LogP contribution in [0.25, 0.3) is 22.6 Å². The largest absolute Gasteiger partial charge is 0.478 e. The van der Waals surface area contributed by atoms with Gasteiger partial charge in [0, 0.05) is 11.3 Å². The lowest BCUT2D eigenvalue weighted by molar-refractivity contribution is -0.128. The van der Waals surface area contributed by atoms with Crippen LogP contribution >= 0.6 is 0 Å². The Bertz CT molecular complexity index is 1220. The first-order valence-corrected chi connectivity index (χ1v) is 10.3. The predicted octanol–water partition coefficient (Wildman–Crippen LogP) is 6.22. The van der Waals surface area contributed by atoms with Crippen molar-refractivity contribution in [1.29, 1.82) is 0 Å². The number of benzene rings is 3. The number of ether oxygens (including phenoxy) is 1. The summed E-state index contributed by atoms with van der Waals surface area (Å²) < 4.78 is 11.9. The molecular weight excluding hydrogens is 388 g/mol. The van der Waals surface area contributed by atoms with E-state index in [0.29, 0.717) is 17.3 Å². The molecule has 4 rings (SSSR count). The number of hydrogen-bond acceptors (Lipinski definition) is 4. The van der Waals surface area contributed by atoms with Gasteiger partial charge in [0.1, 0.15) is 11.3 Å². The molecule has 0 radical (unpaired) electrons. The quantitative estimate of drug-likeness (QED) is 0.421. The van der Waals surface area contributed by atoms with Crippen LogP contribution in [0.15, 0.2) is 65.1 Å². The molecule has 3 aromatic carbocycles. The number of fused-ring (bicyclic) bond motifs is 1. The molecule has 0 bridgehead atoms. The summed E-state index contributed by atoms with van der Waals surface area (Å²) in [6.07, 6.45) is 0. The molecule has 1 N–H and O–H groups in total. The number of carbonyl (C=O) groups excluding carboxylic acids is 1. The molecule has 4 aromatic rings. The van der Waals surface area contributed by atoms with Crippen molar-refractivity contribution in [3.05, 3.63) is 77.4 Å². The number of hydrogen-bond donors (Lipinski definition) is 1. The zero-order valence-corrected chi connectivity index (χ0v) is 18.4. The van der Waals surface area contributed by atoms with E-state index in [4.69, 9.17) is 9.15 Å². The minimum Gasteiger partial charge on any atom is -0.478 e. The normalized spacial score (nSPS) is 11.5. The van der Waals surface area contributed by atoms with Gasteiger partial charge >= 0.3 is 0 Å². The Morgan fingerprint density at radius 3 is 2.39 bits per heavy atom. The summed E-state index contributed by atoms with van der Waals surface area (Å²) in [5.41, 5.74) is 5.29. The van der Waals surface area contributed by atoms with Crippen LogP contribution < -0.4 is 10.1 Å². The van der Waals surface area contributed by atoms with Crippen LogP contribution in [-0.4, -0.2) is 16.5 Å². The fraction of sp³-hybridized carbons (Fsp3) is 0.231. The van der Waals surface area contributed by atoms with Gasteiger partial charge in [0.15, 0.2) is 11.2 Å². The number of para-hydroxylation sites is 1. The number of amides is 1. The van der Waals surface area contributed by atoms with Crippen molar-refractivity contribution in [1.82, 2.24) is 4.98 Å². The van der Waals surface area contributed by atoms with E-state index in [0.717, 1.165) is 27.8 Å². The molecule has 5 heteroatoms. The number of aryl methyl sites for hydroxylation is 3. The number of nitrogens with zero attached hydrogens (tertiary/aromatic N) is 1. The molecule has 0 aliphatic carbocycles. The molecule has 0 saturated heterocycles.